The molecule has 3 aliphatic rings. The number of likely N-dealkylation sites (tertiary alicyclic amines) is 2. The Kier molecular flexibility index (Phi) is 6.79. The van der Waals surface area contributed by atoms with Crippen molar-refractivity contribution in [3.8, 4) is 0 Å². The summed E-state index contributed by atoms with van der Waals surface area (Å²) in [5, 5.41) is 3.64. The maximum absolute atomic E-state index is 6.06. The van der Waals surface area contributed by atoms with E-state index in [1.807, 2.05) is 0 Å². The molecule has 0 spiro atoms. The van der Waals surface area contributed by atoms with Crippen LogP contribution in [0.4, 0.5) is 0 Å². The van der Waals surface area contributed by atoms with Crippen molar-refractivity contribution in [3.05, 3.63) is 35.2 Å². The van der Waals surface area contributed by atoms with Gasteiger partial charge in [0.2, 0.25) is 0 Å². The Balaban J connectivity index is 1.35. The first-order valence-corrected chi connectivity index (χ1v) is 9.85. The highest BCUT2D eigenvalue weighted by Crippen LogP contribution is 2.27. The van der Waals surface area contributed by atoms with Crippen molar-refractivity contribution in [2.24, 2.45) is 5.73 Å². The Morgan fingerprint density at radius 3 is 2.71 bits per heavy atom. The Morgan fingerprint density at radius 1 is 0.958 bits per heavy atom. The van der Waals surface area contributed by atoms with Gasteiger partial charge in [0, 0.05) is 37.4 Å². The first-order valence-electron chi connectivity index (χ1n) is 9.85. The van der Waals surface area contributed by atoms with Gasteiger partial charge in [-0.25, -0.2) is 0 Å². The van der Waals surface area contributed by atoms with E-state index in [-0.39, 0.29) is 0 Å². The number of piperidine rings is 1. The molecule has 3 rings (SSSR count). The summed E-state index contributed by atoms with van der Waals surface area (Å²) in [5.41, 5.74) is 9.88. The Labute approximate surface area is 147 Å². The van der Waals surface area contributed by atoms with Crippen LogP contribution in [0.15, 0.2) is 35.2 Å². The van der Waals surface area contributed by atoms with Gasteiger partial charge in [-0.1, -0.05) is 18.1 Å². The molecule has 2 bridgehead atoms. The smallest absolute Gasteiger partial charge is 0.0331 e. The molecule has 24 heavy (non-hydrogen) atoms. The molecule has 0 amide bonds. The first-order chi connectivity index (χ1) is 11.8. The lowest BCUT2D eigenvalue weighted by Gasteiger charge is -2.27. The van der Waals surface area contributed by atoms with Gasteiger partial charge in [-0.3, -0.25) is 0 Å². The van der Waals surface area contributed by atoms with Crippen molar-refractivity contribution < 1.29 is 0 Å². The molecule has 0 unspecified atom stereocenters. The molecular weight excluding hydrogens is 296 g/mol. The fourth-order valence-electron chi connectivity index (χ4n) is 4.02. The molecule has 0 saturated carbocycles. The molecule has 0 aromatic rings. The molecule has 4 nitrogen and oxygen atoms in total. The van der Waals surface area contributed by atoms with Crippen LogP contribution in [0.2, 0.25) is 0 Å². The van der Waals surface area contributed by atoms with Crippen LogP contribution < -0.4 is 11.1 Å². The Hall–Kier alpha value is -1.26. The molecule has 4 heteroatoms. The summed E-state index contributed by atoms with van der Waals surface area (Å²) in [5.74, 6) is 0. The van der Waals surface area contributed by atoms with Crippen molar-refractivity contribution in [2.45, 2.75) is 44.9 Å². The quantitative estimate of drug-likeness (QED) is 0.704. The topological polar surface area (TPSA) is 44.5 Å². The zero-order chi connectivity index (χ0) is 16.6. The largest absolute Gasteiger partial charge is 0.399 e. The number of nitrogens with zero attached hydrogens (tertiary/aromatic N) is 2. The highest BCUT2D eigenvalue weighted by Gasteiger charge is 2.17. The van der Waals surface area contributed by atoms with Crippen molar-refractivity contribution in [1.29, 1.82) is 0 Å². The molecule has 0 aromatic carbocycles. The van der Waals surface area contributed by atoms with Crippen LogP contribution in [0.3, 0.4) is 0 Å². The number of nitrogens with one attached hydrogen (secondary N) is 1. The SMILES string of the molecule is NC1=CC=C2CCCN(CCNCCCN3CCCCC3)C(=C1)C2. The monoisotopic (exact) mass is 330 g/mol. The van der Waals surface area contributed by atoms with Crippen LogP contribution in [0, 0.1) is 0 Å². The molecule has 134 valence electrons. The van der Waals surface area contributed by atoms with Gasteiger partial charge in [0.1, 0.15) is 0 Å². The van der Waals surface area contributed by atoms with Gasteiger partial charge in [-0.05, 0) is 70.4 Å². The Bertz CT molecular complexity index is 486. The van der Waals surface area contributed by atoms with Gasteiger partial charge in [0.25, 0.3) is 0 Å². The first kappa shape index (κ1) is 17.6. The maximum atomic E-state index is 6.06. The second-order valence-corrected chi connectivity index (χ2v) is 7.40. The van der Waals surface area contributed by atoms with Gasteiger partial charge in [-0.15, -0.1) is 0 Å². The zero-order valence-electron chi connectivity index (χ0n) is 15.1. The van der Waals surface area contributed by atoms with Crippen LogP contribution in [0.5, 0.6) is 0 Å². The molecule has 1 aliphatic carbocycles. The standard InChI is InChI=1S/C20H34N4/c21-19-8-7-18-6-4-14-24(20(16-18)17-19)15-10-22-9-5-13-23-11-2-1-3-12-23/h7-8,17,22H,1-6,9-16,21H2. The number of hydrogen-bond donors (Lipinski definition) is 2. The van der Waals surface area contributed by atoms with Crippen molar-refractivity contribution >= 4 is 0 Å². The van der Waals surface area contributed by atoms with Crippen molar-refractivity contribution in [1.82, 2.24) is 15.1 Å². The molecular formula is C20H34N4. The van der Waals surface area contributed by atoms with E-state index in [1.165, 1.54) is 69.4 Å². The van der Waals surface area contributed by atoms with E-state index < -0.39 is 0 Å². The summed E-state index contributed by atoms with van der Waals surface area (Å²) in [6, 6.07) is 0. The van der Waals surface area contributed by atoms with Gasteiger partial charge in [-0.2, -0.15) is 0 Å². The predicted octanol–water partition coefficient (Wildman–Crippen LogP) is 2.60. The predicted molar refractivity (Wildman–Crippen MR) is 102 cm³/mol. The highest BCUT2D eigenvalue weighted by atomic mass is 15.2. The van der Waals surface area contributed by atoms with Gasteiger partial charge in [0.15, 0.2) is 0 Å². The van der Waals surface area contributed by atoms with Gasteiger partial charge < -0.3 is 20.9 Å². The minimum Gasteiger partial charge on any atom is -0.399 e. The molecule has 2 saturated heterocycles. The highest BCUT2D eigenvalue weighted by molar-refractivity contribution is 5.34. The summed E-state index contributed by atoms with van der Waals surface area (Å²) in [7, 11) is 0. The number of rotatable bonds is 7. The lowest BCUT2D eigenvalue weighted by atomic mass is 10.1. The van der Waals surface area contributed by atoms with E-state index in [4.69, 9.17) is 5.73 Å². The number of fused-ring (bicyclic) bond motifs is 2. The van der Waals surface area contributed by atoms with Crippen LogP contribution in [-0.4, -0.2) is 55.6 Å². The number of nitrogens with two attached hydrogens (primary N) is 1. The fraction of sp³-hybridized carbons (Fsp3) is 0.700. The number of hydrogen-bond acceptors (Lipinski definition) is 4. The third-order valence-electron chi connectivity index (χ3n) is 5.42. The summed E-state index contributed by atoms with van der Waals surface area (Å²) in [6.45, 7) is 8.34. The van der Waals surface area contributed by atoms with Gasteiger partial charge in [0.05, 0.1) is 0 Å². The molecule has 2 fully saturated rings. The molecule has 0 radical (unpaired) electrons. The normalized spacial score (nSPS) is 22.3. The average Bonchev–Trinajstić information content (AvgIpc) is 2.90. The summed E-state index contributed by atoms with van der Waals surface area (Å²) < 4.78 is 0. The lowest BCUT2D eigenvalue weighted by Crippen LogP contribution is -2.34. The van der Waals surface area contributed by atoms with Crippen molar-refractivity contribution in [2.75, 3.05) is 45.8 Å². The molecule has 0 aromatic heterocycles. The molecule has 2 heterocycles. The van der Waals surface area contributed by atoms with Crippen molar-refractivity contribution in [3.63, 3.8) is 0 Å². The summed E-state index contributed by atoms with van der Waals surface area (Å²) >= 11 is 0. The van der Waals surface area contributed by atoms with E-state index >= 15 is 0 Å². The Morgan fingerprint density at radius 2 is 1.83 bits per heavy atom. The van der Waals surface area contributed by atoms with Crippen LogP contribution >= 0.6 is 0 Å². The second-order valence-electron chi connectivity index (χ2n) is 7.40. The summed E-state index contributed by atoms with van der Waals surface area (Å²) in [4.78, 5) is 5.16. The maximum Gasteiger partial charge on any atom is 0.0331 e. The van der Waals surface area contributed by atoms with Crippen LogP contribution in [0.1, 0.15) is 44.9 Å². The van der Waals surface area contributed by atoms with E-state index in [0.29, 0.717) is 0 Å². The number of allylic oxidation sites excluding steroid dienone is 4. The molecule has 2 aliphatic heterocycles. The van der Waals surface area contributed by atoms with E-state index in [9.17, 15) is 0 Å². The van der Waals surface area contributed by atoms with E-state index in [0.717, 1.165) is 38.3 Å². The van der Waals surface area contributed by atoms with Crippen LogP contribution in [0.25, 0.3) is 0 Å². The third-order valence-corrected chi connectivity index (χ3v) is 5.42. The molecule has 0 atom stereocenters. The van der Waals surface area contributed by atoms with Gasteiger partial charge >= 0.3 is 0 Å². The molecule has 3 N–H and O–H groups in total. The minimum atomic E-state index is 0.890. The second kappa shape index (κ2) is 9.28. The summed E-state index contributed by atoms with van der Waals surface area (Å²) in [6.07, 6.45) is 15.5. The average molecular weight is 331 g/mol. The minimum absolute atomic E-state index is 0.890. The van der Waals surface area contributed by atoms with E-state index in [1.54, 1.807) is 0 Å². The van der Waals surface area contributed by atoms with Crippen LogP contribution in [-0.2, 0) is 0 Å². The lowest BCUT2D eigenvalue weighted by molar-refractivity contribution is 0.225. The third kappa shape index (κ3) is 5.38. The van der Waals surface area contributed by atoms with E-state index in [2.05, 4.69) is 33.3 Å². The zero-order valence-corrected chi connectivity index (χ0v) is 15.1. The fourth-order valence-corrected chi connectivity index (χ4v) is 4.02.